The lowest BCUT2D eigenvalue weighted by atomic mass is 10.2. The monoisotopic (exact) mass is 277 g/mol. The van der Waals surface area contributed by atoms with Crippen molar-refractivity contribution in [1.82, 2.24) is 5.06 Å². The predicted octanol–water partition coefficient (Wildman–Crippen LogP) is 0.718. The Morgan fingerprint density at radius 2 is 1.80 bits per heavy atom. The number of carbonyl (C=O) groups excluding carboxylic acids is 3. The first-order valence-electron chi connectivity index (χ1n) is 5.75. The van der Waals surface area contributed by atoms with Crippen molar-refractivity contribution in [2.75, 3.05) is 0 Å². The molecule has 0 atom stereocenters. The smallest absolute Gasteiger partial charge is 0.356 e. The number of rotatable bonds is 3. The molecular formula is C13H11NO6. The number of aromatic hydroxyl groups is 2. The molecule has 1 saturated heterocycles. The van der Waals surface area contributed by atoms with Crippen LogP contribution in [0.2, 0.25) is 0 Å². The van der Waals surface area contributed by atoms with Crippen LogP contribution < -0.4 is 0 Å². The van der Waals surface area contributed by atoms with Crippen LogP contribution in [0.25, 0.3) is 6.08 Å². The van der Waals surface area contributed by atoms with E-state index in [-0.39, 0.29) is 24.3 Å². The van der Waals surface area contributed by atoms with E-state index in [1.54, 1.807) is 0 Å². The number of nitrogens with zero attached hydrogens (tertiary/aromatic N) is 1. The van der Waals surface area contributed by atoms with E-state index in [9.17, 15) is 19.5 Å². The van der Waals surface area contributed by atoms with Crippen molar-refractivity contribution in [2.24, 2.45) is 0 Å². The van der Waals surface area contributed by atoms with Gasteiger partial charge in [0.05, 0.1) is 0 Å². The van der Waals surface area contributed by atoms with Gasteiger partial charge in [0, 0.05) is 18.9 Å². The lowest BCUT2D eigenvalue weighted by molar-refractivity contribution is -0.193. The Balaban J connectivity index is 2.00. The van der Waals surface area contributed by atoms with Gasteiger partial charge in [-0.15, -0.1) is 5.06 Å². The maximum Gasteiger partial charge on any atom is 0.356 e. The van der Waals surface area contributed by atoms with Crippen molar-refractivity contribution >= 4 is 23.9 Å². The molecule has 1 aromatic carbocycles. The fraction of sp³-hybridized carbons (Fsp3) is 0.154. The average molecular weight is 277 g/mol. The van der Waals surface area contributed by atoms with Gasteiger partial charge in [0.25, 0.3) is 11.8 Å². The summed E-state index contributed by atoms with van der Waals surface area (Å²) >= 11 is 0. The number of hydrogen-bond donors (Lipinski definition) is 2. The van der Waals surface area contributed by atoms with Gasteiger partial charge in [-0.05, 0) is 23.8 Å². The second-order valence-electron chi connectivity index (χ2n) is 4.07. The van der Waals surface area contributed by atoms with Crippen LogP contribution in [0.5, 0.6) is 11.5 Å². The standard InChI is InChI=1S/C13H11NO6/c15-9-3-1-8(7-10(9)16)2-6-13(19)20-14-11(17)4-5-12(14)18/h1-3,6-7,15-16H,4-5H2/b6-2+. The molecule has 2 N–H and O–H groups in total. The summed E-state index contributed by atoms with van der Waals surface area (Å²) < 4.78 is 0. The van der Waals surface area contributed by atoms with Gasteiger partial charge >= 0.3 is 5.97 Å². The molecule has 1 aliphatic heterocycles. The summed E-state index contributed by atoms with van der Waals surface area (Å²) in [6, 6.07) is 3.96. The van der Waals surface area contributed by atoms with Crippen molar-refractivity contribution in [2.45, 2.75) is 12.8 Å². The van der Waals surface area contributed by atoms with Crippen molar-refractivity contribution < 1.29 is 29.4 Å². The molecule has 7 heteroatoms. The molecule has 104 valence electrons. The summed E-state index contributed by atoms with van der Waals surface area (Å²) in [6.45, 7) is 0. The molecule has 0 radical (unpaired) electrons. The molecular weight excluding hydrogens is 266 g/mol. The van der Waals surface area contributed by atoms with Gasteiger partial charge in [0.15, 0.2) is 11.5 Å². The lowest BCUT2D eigenvalue weighted by Gasteiger charge is -2.10. The predicted molar refractivity (Wildman–Crippen MR) is 66.0 cm³/mol. The Labute approximate surface area is 113 Å². The van der Waals surface area contributed by atoms with Gasteiger partial charge in [-0.25, -0.2) is 4.79 Å². The van der Waals surface area contributed by atoms with Gasteiger partial charge < -0.3 is 15.1 Å². The third-order valence-electron chi connectivity index (χ3n) is 2.60. The van der Waals surface area contributed by atoms with E-state index >= 15 is 0 Å². The van der Waals surface area contributed by atoms with Crippen molar-refractivity contribution in [3.05, 3.63) is 29.8 Å². The van der Waals surface area contributed by atoms with Gasteiger partial charge in [0.2, 0.25) is 0 Å². The number of imide groups is 1. The Bertz CT molecular complexity index is 591. The normalized spacial score (nSPS) is 15.1. The van der Waals surface area contributed by atoms with Crippen LogP contribution in [0.4, 0.5) is 0 Å². The first-order chi connectivity index (χ1) is 9.47. The molecule has 1 fully saturated rings. The second-order valence-corrected chi connectivity index (χ2v) is 4.07. The number of amides is 2. The summed E-state index contributed by atoms with van der Waals surface area (Å²) in [5, 5.41) is 18.8. The molecule has 0 aromatic heterocycles. The van der Waals surface area contributed by atoms with Crippen molar-refractivity contribution in [3.63, 3.8) is 0 Å². The molecule has 1 heterocycles. The molecule has 0 unspecified atom stereocenters. The largest absolute Gasteiger partial charge is 0.504 e. The maximum atomic E-state index is 11.4. The zero-order valence-corrected chi connectivity index (χ0v) is 10.3. The minimum Gasteiger partial charge on any atom is -0.504 e. The van der Waals surface area contributed by atoms with Crippen LogP contribution in [0.15, 0.2) is 24.3 Å². The van der Waals surface area contributed by atoms with E-state index in [4.69, 9.17) is 5.11 Å². The van der Waals surface area contributed by atoms with E-state index in [1.165, 1.54) is 24.3 Å². The summed E-state index contributed by atoms with van der Waals surface area (Å²) in [5.74, 6) is -2.61. The molecule has 2 amide bonds. The lowest BCUT2D eigenvalue weighted by Crippen LogP contribution is -2.31. The highest BCUT2D eigenvalue weighted by atomic mass is 16.7. The Hall–Kier alpha value is -2.83. The first kappa shape index (κ1) is 13.6. The van der Waals surface area contributed by atoms with Crippen molar-refractivity contribution in [1.29, 1.82) is 0 Å². The van der Waals surface area contributed by atoms with E-state index in [0.717, 1.165) is 6.08 Å². The summed E-state index contributed by atoms with van der Waals surface area (Å²) in [5.41, 5.74) is 0.441. The fourth-order valence-corrected chi connectivity index (χ4v) is 1.59. The fourth-order valence-electron chi connectivity index (χ4n) is 1.59. The van der Waals surface area contributed by atoms with Gasteiger partial charge in [0.1, 0.15) is 0 Å². The molecule has 0 bridgehead atoms. The SMILES string of the molecule is O=C(/C=C/c1ccc(O)c(O)c1)ON1C(=O)CCC1=O. The summed E-state index contributed by atoms with van der Waals surface area (Å²) in [7, 11) is 0. The number of hydrogen-bond acceptors (Lipinski definition) is 6. The van der Waals surface area contributed by atoms with Crippen molar-refractivity contribution in [3.8, 4) is 11.5 Å². The summed E-state index contributed by atoms with van der Waals surface area (Å²) in [6.07, 6.45) is 2.38. The maximum absolute atomic E-state index is 11.4. The summed E-state index contributed by atoms with van der Waals surface area (Å²) in [4.78, 5) is 38.5. The highest BCUT2D eigenvalue weighted by Gasteiger charge is 2.32. The van der Waals surface area contributed by atoms with E-state index < -0.39 is 17.8 Å². The third-order valence-corrected chi connectivity index (χ3v) is 2.60. The van der Waals surface area contributed by atoms with Gasteiger partial charge in [-0.1, -0.05) is 6.07 Å². The molecule has 0 aliphatic carbocycles. The third kappa shape index (κ3) is 2.94. The van der Waals surface area contributed by atoms with Gasteiger partial charge in [-0.2, -0.15) is 0 Å². The van der Waals surface area contributed by atoms with E-state index in [2.05, 4.69) is 4.84 Å². The van der Waals surface area contributed by atoms with Crippen LogP contribution in [0, 0.1) is 0 Å². The Kier molecular flexibility index (Phi) is 3.69. The molecule has 1 aromatic rings. The zero-order valence-electron chi connectivity index (χ0n) is 10.3. The van der Waals surface area contributed by atoms with Crippen LogP contribution >= 0.6 is 0 Å². The Morgan fingerprint density at radius 1 is 1.15 bits per heavy atom. The van der Waals surface area contributed by atoms with Crippen LogP contribution in [-0.4, -0.2) is 33.1 Å². The molecule has 1 aliphatic rings. The number of carbonyl (C=O) groups is 3. The van der Waals surface area contributed by atoms with Crippen LogP contribution in [0.3, 0.4) is 0 Å². The molecule has 0 spiro atoms. The number of hydroxylamine groups is 2. The first-order valence-corrected chi connectivity index (χ1v) is 5.75. The molecule has 2 rings (SSSR count). The highest BCUT2D eigenvalue weighted by molar-refractivity contribution is 6.02. The van der Waals surface area contributed by atoms with E-state index in [0.29, 0.717) is 10.6 Å². The average Bonchev–Trinajstić information content (AvgIpc) is 2.72. The minimum absolute atomic E-state index is 0.0294. The number of benzene rings is 1. The Morgan fingerprint density at radius 3 is 2.40 bits per heavy atom. The second kappa shape index (κ2) is 5.43. The topological polar surface area (TPSA) is 104 Å². The van der Waals surface area contributed by atoms with Crippen LogP contribution in [0.1, 0.15) is 18.4 Å². The zero-order chi connectivity index (χ0) is 14.7. The highest BCUT2D eigenvalue weighted by Crippen LogP contribution is 2.25. The quantitative estimate of drug-likeness (QED) is 0.479. The number of phenols is 2. The van der Waals surface area contributed by atoms with Gasteiger partial charge in [-0.3, -0.25) is 9.59 Å². The molecule has 0 saturated carbocycles. The molecule has 20 heavy (non-hydrogen) atoms. The van der Waals surface area contributed by atoms with E-state index in [1.807, 2.05) is 0 Å². The minimum atomic E-state index is -0.888. The molecule has 7 nitrogen and oxygen atoms in total. The number of phenolic OH excluding ortho intramolecular Hbond substituents is 2. The van der Waals surface area contributed by atoms with Crippen LogP contribution in [-0.2, 0) is 19.2 Å².